The van der Waals surface area contributed by atoms with Crippen LogP contribution in [0, 0.1) is 0 Å². The van der Waals surface area contributed by atoms with Gasteiger partial charge in [-0.2, -0.15) is 0 Å². The summed E-state index contributed by atoms with van der Waals surface area (Å²) in [4.78, 5) is 24.6. The van der Waals surface area contributed by atoms with Crippen LogP contribution in [0.25, 0.3) is 17.0 Å². The van der Waals surface area contributed by atoms with Gasteiger partial charge in [0.15, 0.2) is 0 Å². The van der Waals surface area contributed by atoms with E-state index in [9.17, 15) is 4.79 Å². The fraction of sp³-hybridized carbons (Fsp3) is 0.200. The minimum atomic E-state index is -0.493. The number of imidazole rings is 1. The molecular weight excluding hydrogens is 304 g/mol. The Morgan fingerprint density at radius 3 is 2.86 bits per heavy atom. The summed E-state index contributed by atoms with van der Waals surface area (Å²) in [5.41, 5.74) is 2.04. The Hall–Kier alpha value is -2.47. The van der Waals surface area contributed by atoms with E-state index in [4.69, 9.17) is 16.3 Å². The number of rotatable bonds is 3. The maximum atomic E-state index is 12.2. The highest BCUT2D eigenvalue weighted by Gasteiger charge is 2.20. The molecule has 0 aromatic carbocycles. The molecule has 0 aliphatic heterocycles. The van der Waals surface area contributed by atoms with Crippen LogP contribution in [-0.2, 0) is 4.74 Å². The molecule has 0 aliphatic carbocycles. The maximum Gasteiger partial charge on any atom is 0.342 e. The van der Waals surface area contributed by atoms with Crippen molar-refractivity contribution in [2.75, 3.05) is 0 Å². The zero-order chi connectivity index (χ0) is 15.7. The van der Waals surface area contributed by atoms with Gasteiger partial charge in [-0.05, 0) is 37.6 Å². The summed E-state index contributed by atoms with van der Waals surface area (Å²) in [7, 11) is 0. The van der Waals surface area contributed by atoms with Crippen LogP contribution in [-0.4, -0.2) is 31.4 Å². The van der Waals surface area contributed by atoms with E-state index in [1.807, 2.05) is 28.8 Å². The summed E-state index contributed by atoms with van der Waals surface area (Å²) in [6.45, 7) is 3.56. The van der Waals surface area contributed by atoms with Gasteiger partial charge in [0, 0.05) is 12.4 Å². The van der Waals surface area contributed by atoms with E-state index in [1.54, 1.807) is 20.0 Å². The molecule has 0 atom stereocenters. The van der Waals surface area contributed by atoms with Crippen molar-refractivity contribution in [2.24, 2.45) is 0 Å². The van der Waals surface area contributed by atoms with Crippen molar-refractivity contribution in [1.29, 1.82) is 0 Å². The zero-order valence-electron chi connectivity index (χ0n) is 12.0. The van der Waals surface area contributed by atoms with Gasteiger partial charge in [-0.3, -0.25) is 4.40 Å². The number of pyridine rings is 1. The predicted molar refractivity (Wildman–Crippen MR) is 81.8 cm³/mol. The molecule has 0 radical (unpaired) electrons. The first kappa shape index (κ1) is 14.5. The topological polar surface area (TPSA) is 69.4 Å². The summed E-state index contributed by atoms with van der Waals surface area (Å²) >= 11 is 5.89. The van der Waals surface area contributed by atoms with Crippen molar-refractivity contribution in [1.82, 2.24) is 19.4 Å². The lowest BCUT2D eigenvalue weighted by molar-refractivity contribution is 0.0378. The van der Waals surface area contributed by atoms with Crippen molar-refractivity contribution >= 4 is 23.2 Å². The van der Waals surface area contributed by atoms with Crippen molar-refractivity contribution < 1.29 is 9.53 Å². The predicted octanol–water partition coefficient (Wildman–Crippen LogP) is 3.01. The molecule has 0 fully saturated rings. The van der Waals surface area contributed by atoms with Crippen molar-refractivity contribution in [3.05, 3.63) is 47.6 Å². The molecule has 0 amide bonds. The van der Waals surface area contributed by atoms with Crippen LogP contribution < -0.4 is 0 Å². The molecule has 0 saturated carbocycles. The molecular formula is C15H13ClN4O2. The second-order valence-corrected chi connectivity index (χ2v) is 5.27. The van der Waals surface area contributed by atoms with E-state index >= 15 is 0 Å². The quantitative estimate of drug-likeness (QED) is 0.549. The molecule has 0 unspecified atom stereocenters. The second-order valence-electron chi connectivity index (χ2n) is 4.93. The van der Waals surface area contributed by atoms with Gasteiger partial charge in [0.05, 0.1) is 18.0 Å². The molecule has 0 aliphatic rings. The van der Waals surface area contributed by atoms with Gasteiger partial charge in [-0.1, -0.05) is 6.07 Å². The summed E-state index contributed by atoms with van der Waals surface area (Å²) in [5.74, 6) is -0.493. The molecule has 3 rings (SSSR count). The Balaban J connectivity index is 2.17. The highest BCUT2D eigenvalue weighted by molar-refractivity contribution is 6.28. The molecule has 7 heteroatoms. The molecule has 22 heavy (non-hydrogen) atoms. The third-order valence-electron chi connectivity index (χ3n) is 2.98. The molecule has 3 aromatic heterocycles. The Bertz CT molecular complexity index is 844. The molecule has 0 spiro atoms. The lowest BCUT2D eigenvalue weighted by Crippen LogP contribution is -2.14. The first-order valence-corrected chi connectivity index (χ1v) is 7.10. The number of carbonyl (C=O) groups excluding carboxylic acids is 1. The van der Waals surface area contributed by atoms with Gasteiger partial charge >= 0.3 is 5.97 Å². The molecule has 0 saturated heterocycles. The van der Waals surface area contributed by atoms with E-state index in [0.29, 0.717) is 11.4 Å². The fourth-order valence-electron chi connectivity index (χ4n) is 2.09. The Morgan fingerprint density at radius 1 is 1.27 bits per heavy atom. The summed E-state index contributed by atoms with van der Waals surface area (Å²) in [5, 5.41) is 0.0574. The lowest BCUT2D eigenvalue weighted by atomic mass is 10.2. The number of ether oxygens (including phenoxy) is 1. The average molecular weight is 317 g/mol. The van der Waals surface area contributed by atoms with Crippen LogP contribution in [0.1, 0.15) is 24.2 Å². The second kappa shape index (κ2) is 5.73. The minimum Gasteiger partial charge on any atom is -0.459 e. The standard InChI is InChI=1S/C15H13ClN4O2/c1-9(2)22-14(21)10-7-18-15(16)19-13(10)11-8-17-12-5-3-4-6-20(11)12/h3-9H,1-2H3. The van der Waals surface area contributed by atoms with Gasteiger partial charge in [-0.25, -0.2) is 19.7 Å². The van der Waals surface area contributed by atoms with Crippen LogP contribution in [0.2, 0.25) is 5.28 Å². The van der Waals surface area contributed by atoms with E-state index in [0.717, 1.165) is 5.65 Å². The number of carbonyl (C=O) groups is 1. The summed E-state index contributed by atoms with van der Waals surface area (Å²) in [6.07, 6.45) is 4.61. The van der Waals surface area contributed by atoms with E-state index in [-0.39, 0.29) is 17.0 Å². The third-order valence-corrected chi connectivity index (χ3v) is 3.16. The van der Waals surface area contributed by atoms with Gasteiger partial charge in [0.25, 0.3) is 0 Å². The van der Waals surface area contributed by atoms with Gasteiger partial charge in [-0.15, -0.1) is 0 Å². The van der Waals surface area contributed by atoms with Crippen LogP contribution in [0.5, 0.6) is 0 Å². The van der Waals surface area contributed by atoms with E-state index in [1.165, 1.54) is 6.20 Å². The normalized spacial score (nSPS) is 11.1. The van der Waals surface area contributed by atoms with E-state index < -0.39 is 5.97 Å². The molecule has 6 nitrogen and oxygen atoms in total. The number of halogens is 1. The van der Waals surface area contributed by atoms with Crippen molar-refractivity contribution in [3.63, 3.8) is 0 Å². The van der Waals surface area contributed by atoms with Gasteiger partial charge in [0.2, 0.25) is 5.28 Å². The Morgan fingerprint density at radius 2 is 2.09 bits per heavy atom. The number of esters is 1. The van der Waals surface area contributed by atoms with Crippen LogP contribution in [0.4, 0.5) is 0 Å². The number of aromatic nitrogens is 4. The average Bonchev–Trinajstić information content (AvgIpc) is 2.90. The Labute approximate surface area is 131 Å². The van der Waals surface area contributed by atoms with Gasteiger partial charge in [0.1, 0.15) is 16.9 Å². The molecule has 3 aromatic rings. The number of hydrogen-bond acceptors (Lipinski definition) is 5. The molecule has 0 bridgehead atoms. The van der Waals surface area contributed by atoms with Crippen molar-refractivity contribution in [2.45, 2.75) is 20.0 Å². The fourth-order valence-corrected chi connectivity index (χ4v) is 2.22. The smallest absolute Gasteiger partial charge is 0.342 e. The monoisotopic (exact) mass is 316 g/mol. The molecule has 112 valence electrons. The maximum absolute atomic E-state index is 12.2. The Kier molecular flexibility index (Phi) is 3.77. The number of fused-ring (bicyclic) bond motifs is 1. The SMILES string of the molecule is CC(C)OC(=O)c1cnc(Cl)nc1-c1cnc2ccccn12. The van der Waals surface area contributed by atoms with Crippen LogP contribution >= 0.6 is 11.6 Å². The lowest BCUT2D eigenvalue weighted by Gasteiger charge is -2.10. The first-order valence-electron chi connectivity index (χ1n) is 6.72. The highest BCUT2D eigenvalue weighted by atomic mass is 35.5. The minimum absolute atomic E-state index is 0.0574. The van der Waals surface area contributed by atoms with Gasteiger partial charge < -0.3 is 4.74 Å². The first-order chi connectivity index (χ1) is 10.6. The largest absolute Gasteiger partial charge is 0.459 e. The summed E-state index contributed by atoms with van der Waals surface area (Å²) in [6, 6.07) is 5.61. The third kappa shape index (κ3) is 2.65. The number of nitrogens with zero attached hydrogens (tertiary/aromatic N) is 4. The highest BCUT2D eigenvalue weighted by Crippen LogP contribution is 2.24. The van der Waals surface area contributed by atoms with Crippen LogP contribution in [0.3, 0.4) is 0 Å². The molecule has 3 heterocycles. The van der Waals surface area contributed by atoms with E-state index in [2.05, 4.69) is 15.0 Å². The zero-order valence-corrected chi connectivity index (χ0v) is 12.8. The van der Waals surface area contributed by atoms with Crippen molar-refractivity contribution in [3.8, 4) is 11.4 Å². The van der Waals surface area contributed by atoms with Crippen LogP contribution in [0.15, 0.2) is 36.8 Å². The number of hydrogen-bond donors (Lipinski definition) is 0. The molecule has 0 N–H and O–H groups in total. The summed E-state index contributed by atoms with van der Waals surface area (Å²) < 4.78 is 7.06.